The molecule has 0 bridgehead atoms. The smallest absolute Gasteiger partial charge is 0.152 e. The van der Waals surface area contributed by atoms with Crippen LogP contribution in [0.15, 0.2) is 22.9 Å². The van der Waals surface area contributed by atoms with Gasteiger partial charge in [-0.1, -0.05) is 0 Å². The first-order valence-electron chi connectivity index (χ1n) is 4.00. The molecule has 1 aromatic rings. The Morgan fingerprint density at radius 3 is 3.00 bits per heavy atom. The number of methoxy groups -OCH3 is 1. The fourth-order valence-corrected chi connectivity index (χ4v) is 1.29. The van der Waals surface area contributed by atoms with E-state index in [2.05, 4.69) is 20.9 Å². The fraction of sp³-hybridized carbons (Fsp3) is 0.444. The van der Waals surface area contributed by atoms with Crippen molar-refractivity contribution in [2.75, 3.05) is 13.7 Å². The fourth-order valence-electron chi connectivity index (χ4n) is 0.945. The van der Waals surface area contributed by atoms with E-state index in [0.717, 1.165) is 10.4 Å². The van der Waals surface area contributed by atoms with Crippen molar-refractivity contribution in [1.82, 2.24) is 4.98 Å². The molecule has 0 N–H and O–H groups in total. The predicted molar refractivity (Wildman–Crippen MR) is 53.9 cm³/mol. The van der Waals surface area contributed by atoms with Gasteiger partial charge < -0.3 is 9.47 Å². The minimum atomic E-state index is 0.0329. The monoisotopic (exact) mass is 245 g/mol. The maximum atomic E-state index is 5.55. The quantitative estimate of drug-likeness (QED) is 0.763. The highest BCUT2D eigenvalue weighted by Gasteiger charge is 2.06. The number of hydrogen-bond acceptors (Lipinski definition) is 3. The lowest BCUT2D eigenvalue weighted by molar-refractivity contribution is 0.0913. The topological polar surface area (TPSA) is 31.4 Å². The summed E-state index contributed by atoms with van der Waals surface area (Å²) >= 11 is 3.30. The molecule has 0 amide bonds. The molecule has 0 spiro atoms. The first kappa shape index (κ1) is 10.5. The van der Waals surface area contributed by atoms with Gasteiger partial charge in [0.05, 0.1) is 6.61 Å². The van der Waals surface area contributed by atoms with Crippen LogP contribution in [0.5, 0.6) is 5.75 Å². The highest BCUT2D eigenvalue weighted by molar-refractivity contribution is 9.10. The summed E-state index contributed by atoms with van der Waals surface area (Å²) in [5.74, 6) is 0.743. The van der Waals surface area contributed by atoms with E-state index in [-0.39, 0.29) is 6.10 Å². The lowest BCUT2D eigenvalue weighted by Crippen LogP contribution is -2.18. The van der Waals surface area contributed by atoms with Crippen LogP contribution in [0.2, 0.25) is 0 Å². The first-order valence-corrected chi connectivity index (χ1v) is 4.79. The number of nitrogens with zero attached hydrogens (tertiary/aromatic N) is 1. The average Bonchev–Trinajstić information content (AvgIpc) is 2.09. The lowest BCUT2D eigenvalue weighted by Gasteiger charge is -2.13. The summed E-state index contributed by atoms with van der Waals surface area (Å²) in [6, 6.07) is 3.70. The molecule has 13 heavy (non-hydrogen) atoms. The molecule has 3 nitrogen and oxygen atoms in total. The molecular formula is C9H12BrNO2. The second-order valence-electron chi connectivity index (χ2n) is 2.68. The second-order valence-corrected chi connectivity index (χ2v) is 3.43. The molecular weight excluding hydrogens is 234 g/mol. The Bertz CT molecular complexity index is 268. The largest absolute Gasteiger partial charge is 0.485 e. The minimum absolute atomic E-state index is 0.0329. The zero-order chi connectivity index (χ0) is 9.68. The first-order chi connectivity index (χ1) is 6.24. The Morgan fingerprint density at radius 1 is 1.62 bits per heavy atom. The highest BCUT2D eigenvalue weighted by atomic mass is 79.9. The molecule has 1 unspecified atom stereocenters. The van der Waals surface area contributed by atoms with Gasteiger partial charge in [-0.25, -0.2) is 4.98 Å². The number of halogens is 1. The van der Waals surface area contributed by atoms with E-state index in [1.807, 2.05) is 19.1 Å². The highest BCUT2D eigenvalue weighted by Crippen LogP contribution is 2.22. The van der Waals surface area contributed by atoms with Crippen LogP contribution in [-0.4, -0.2) is 24.8 Å². The molecule has 1 heterocycles. The molecule has 0 saturated heterocycles. The number of ether oxygens (including phenoxy) is 2. The molecule has 0 aromatic carbocycles. The van der Waals surface area contributed by atoms with Gasteiger partial charge in [0.2, 0.25) is 0 Å². The van der Waals surface area contributed by atoms with E-state index in [1.165, 1.54) is 0 Å². The van der Waals surface area contributed by atoms with Crippen LogP contribution < -0.4 is 4.74 Å². The SMILES string of the molecule is COCC(C)Oc1cccnc1Br. The Morgan fingerprint density at radius 2 is 2.38 bits per heavy atom. The van der Waals surface area contributed by atoms with Gasteiger partial charge >= 0.3 is 0 Å². The van der Waals surface area contributed by atoms with Crippen molar-refractivity contribution in [2.24, 2.45) is 0 Å². The van der Waals surface area contributed by atoms with E-state index in [1.54, 1.807) is 13.3 Å². The third kappa shape index (κ3) is 3.32. The van der Waals surface area contributed by atoms with Crippen LogP contribution in [0.1, 0.15) is 6.92 Å². The number of pyridine rings is 1. The van der Waals surface area contributed by atoms with Gasteiger partial charge in [-0.15, -0.1) is 0 Å². The summed E-state index contributed by atoms with van der Waals surface area (Å²) in [5.41, 5.74) is 0. The summed E-state index contributed by atoms with van der Waals surface area (Å²) in [7, 11) is 1.65. The van der Waals surface area contributed by atoms with Crippen molar-refractivity contribution in [3.05, 3.63) is 22.9 Å². The standard InChI is InChI=1S/C9H12BrNO2/c1-7(6-12-2)13-8-4-3-5-11-9(8)10/h3-5,7H,6H2,1-2H3. The maximum absolute atomic E-state index is 5.55. The molecule has 0 aliphatic carbocycles. The van der Waals surface area contributed by atoms with Crippen molar-refractivity contribution in [1.29, 1.82) is 0 Å². The molecule has 0 aliphatic heterocycles. The zero-order valence-electron chi connectivity index (χ0n) is 7.66. The third-order valence-corrected chi connectivity index (χ3v) is 2.05. The van der Waals surface area contributed by atoms with Gasteiger partial charge in [-0.05, 0) is 35.0 Å². The number of aromatic nitrogens is 1. The summed E-state index contributed by atoms with van der Waals surface area (Å²) < 4.78 is 11.2. The predicted octanol–water partition coefficient (Wildman–Crippen LogP) is 2.26. The molecule has 4 heteroatoms. The Balaban J connectivity index is 2.58. The van der Waals surface area contributed by atoms with Gasteiger partial charge in [0.25, 0.3) is 0 Å². The van der Waals surface area contributed by atoms with Crippen molar-refractivity contribution in [3.63, 3.8) is 0 Å². The third-order valence-electron chi connectivity index (χ3n) is 1.45. The lowest BCUT2D eigenvalue weighted by atomic mass is 10.4. The van der Waals surface area contributed by atoms with Crippen LogP contribution in [0.4, 0.5) is 0 Å². The Hall–Kier alpha value is -0.610. The number of hydrogen-bond donors (Lipinski definition) is 0. The van der Waals surface area contributed by atoms with E-state index in [0.29, 0.717) is 6.61 Å². The Kier molecular flexibility index (Phi) is 4.18. The minimum Gasteiger partial charge on any atom is -0.485 e. The summed E-state index contributed by atoms with van der Waals surface area (Å²) in [6.07, 6.45) is 1.74. The van der Waals surface area contributed by atoms with Crippen LogP contribution >= 0.6 is 15.9 Å². The van der Waals surface area contributed by atoms with Crippen LogP contribution in [0.3, 0.4) is 0 Å². The number of rotatable bonds is 4. The van der Waals surface area contributed by atoms with Gasteiger partial charge in [0, 0.05) is 13.3 Å². The molecule has 1 atom stereocenters. The van der Waals surface area contributed by atoms with E-state index in [9.17, 15) is 0 Å². The Labute approximate surface area is 86.2 Å². The van der Waals surface area contributed by atoms with Crippen LogP contribution in [0, 0.1) is 0 Å². The van der Waals surface area contributed by atoms with Gasteiger partial charge in [-0.2, -0.15) is 0 Å². The van der Waals surface area contributed by atoms with Gasteiger partial charge in [0.15, 0.2) is 5.75 Å². The molecule has 1 rings (SSSR count). The van der Waals surface area contributed by atoms with E-state index < -0.39 is 0 Å². The maximum Gasteiger partial charge on any atom is 0.152 e. The molecule has 72 valence electrons. The van der Waals surface area contributed by atoms with Crippen molar-refractivity contribution >= 4 is 15.9 Å². The van der Waals surface area contributed by atoms with E-state index in [4.69, 9.17) is 9.47 Å². The van der Waals surface area contributed by atoms with Crippen molar-refractivity contribution in [3.8, 4) is 5.75 Å². The summed E-state index contributed by atoms with van der Waals surface area (Å²) in [5, 5.41) is 0. The molecule has 0 radical (unpaired) electrons. The van der Waals surface area contributed by atoms with Crippen molar-refractivity contribution < 1.29 is 9.47 Å². The molecule has 1 aromatic heterocycles. The molecule has 0 fully saturated rings. The average molecular weight is 246 g/mol. The normalized spacial score (nSPS) is 12.5. The van der Waals surface area contributed by atoms with E-state index >= 15 is 0 Å². The summed E-state index contributed by atoms with van der Waals surface area (Å²) in [6.45, 7) is 2.52. The van der Waals surface area contributed by atoms with Gasteiger partial charge in [-0.3, -0.25) is 0 Å². The van der Waals surface area contributed by atoms with Crippen molar-refractivity contribution in [2.45, 2.75) is 13.0 Å². The molecule has 0 saturated carbocycles. The second kappa shape index (κ2) is 5.19. The van der Waals surface area contributed by atoms with Gasteiger partial charge in [0.1, 0.15) is 10.7 Å². The molecule has 0 aliphatic rings. The van der Waals surface area contributed by atoms with Crippen LogP contribution in [0.25, 0.3) is 0 Å². The zero-order valence-corrected chi connectivity index (χ0v) is 9.24. The van der Waals surface area contributed by atoms with Crippen LogP contribution in [-0.2, 0) is 4.74 Å². The summed E-state index contributed by atoms with van der Waals surface area (Å²) in [4.78, 5) is 4.04.